The molecule has 1 saturated heterocycles. The average molecular weight is 403 g/mol. The zero-order chi connectivity index (χ0) is 19.5. The van der Waals surface area contributed by atoms with Crippen LogP contribution in [-0.4, -0.2) is 41.5 Å². The van der Waals surface area contributed by atoms with Crippen molar-refractivity contribution in [2.24, 2.45) is 0 Å². The fraction of sp³-hybridized carbons (Fsp3) is 0.429. The summed E-state index contributed by atoms with van der Waals surface area (Å²) >= 11 is 6.30. The van der Waals surface area contributed by atoms with E-state index in [0.717, 1.165) is 31.7 Å². The summed E-state index contributed by atoms with van der Waals surface area (Å²) in [5.74, 6) is 0.227. The van der Waals surface area contributed by atoms with Crippen molar-refractivity contribution in [3.05, 3.63) is 58.5 Å². The van der Waals surface area contributed by atoms with E-state index in [1.165, 1.54) is 18.9 Å². The second-order valence-electron chi connectivity index (χ2n) is 7.45. The van der Waals surface area contributed by atoms with Crippen LogP contribution in [0.25, 0.3) is 0 Å². The smallest absolute Gasteiger partial charge is 0.252 e. The fourth-order valence-electron chi connectivity index (χ4n) is 3.64. The zero-order valence-corrected chi connectivity index (χ0v) is 16.4. The largest absolute Gasteiger partial charge is 0.367 e. The molecule has 1 aliphatic carbocycles. The van der Waals surface area contributed by atoms with Crippen LogP contribution in [0.1, 0.15) is 47.6 Å². The van der Waals surface area contributed by atoms with Gasteiger partial charge >= 0.3 is 0 Å². The minimum Gasteiger partial charge on any atom is -0.367 e. The Hall–Kier alpha value is -2.18. The molecule has 1 aromatic carbocycles. The highest BCUT2D eigenvalue weighted by atomic mass is 35.5. The van der Waals surface area contributed by atoms with Gasteiger partial charge in [0.05, 0.1) is 11.6 Å². The van der Waals surface area contributed by atoms with E-state index in [1.54, 1.807) is 24.4 Å². The third kappa shape index (κ3) is 4.45. The van der Waals surface area contributed by atoms with Crippen LogP contribution in [0, 0.1) is 5.82 Å². The Morgan fingerprint density at radius 1 is 1.25 bits per heavy atom. The molecule has 1 saturated carbocycles. The number of likely N-dealkylation sites (tertiary alicyclic amines) is 1. The first kappa shape index (κ1) is 19.2. The van der Waals surface area contributed by atoms with Crippen molar-refractivity contribution in [3.8, 4) is 0 Å². The normalized spacial score (nSPS) is 18.1. The van der Waals surface area contributed by atoms with Crippen LogP contribution in [0.5, 0.6) is 0 Å². The van der Waals surface area contributed by atoms with Crippen LogP contribution in [0.3, 0.4) is 0 Å². The van der Waals surface area contributed by atoms with E-state index >= 15 is 0 Å². The summed E-state index contributed by atoms with van der Waals surface area (Å²) in [5.41, 5.74) is 0.939. The van der Waals surface area contributed by atoms with E-state index in [4.69, 9.17) is 11.6 Å². The summed E-state index contributed by atoms with van der Waals surface area (Å²) in [4.78, 5) is 19.1. The molecule has 5 nitrogen and oxygen atoms in total. The maximum atomic E-state index is 14.5. The molecule has 2 fully saturated rings. The number of benzene rings is 1. The second-order valence-corrected chi connectivity index (χ2v) is 7.86. The second kappa shape index (κ2) is 8.45. The molecule has 1 amide bonds. The lowest BCUT2D eigenvalue weighted by Gasteiger charge is -2.29. The number of nitrogens with zero attached hydrogens (tertiary/aromatic N) is 2. The SMILES string of the molecule is O=C(NCC(c1c(F)cccc1Cl)N1CCCC1)c1ccc(NC2CC2)nc1. The standard InChI is InChI=1S/C21H24ClFN4O/c22-16-4-3-5-17(23)20(16)18(27-10-1-2-11-27)13-25-21(28)14-6-9-19(24-12-14)26-15-7-8-15/h3-6,9,12,15,18H,1-2,7-8,10-11,13H2,(H,24,26)(H,25,28). The van der Waals surface area contributed by atoms with Gasteiger partial charge in [0.1, 0.15) is 11.6 Å². The number of amides is 1. The van der Waals surface area contributed by atoms with Crippen LogP contribution in [0.4, 0.5) is 10.2 Å². The van der Waals surface area contributed by atoms with Crippen molar-refractivity contribution < 1.29 is 9.18 Å². The van der Waals surface area contributed by atoms with Gasteiger partial charge in [-0.3, -0.25) is 9.69 Å². The molecule has 1 unspecified atom stereocenters. The molecule has 2 N–H and O–H groups in total. The van der Waals surface area contributed by atoms with Crippen molar-refractivity contribution >= 4 is 23.3 Å². The molecule has 2 aliphatic rings. The van der Waals surface area contributed by atoms with Gasteiger partial charge in [0.2, 0.25) is 0 Å². The van der Waals surface area contributed by atoms with Gasteiger partial charge < -0.3 is 10.6 Å². The van der Waals surface area contributed by atoms with Crippen LogP contribution >= 0.6 is 11.6 Å². The Labute approximate surface area is 169 Å². The van der Waals surface area contributed by atoms with Gasteiger partial charge in [0, 0.05) is 29.4 Å². The van der Waals surface area contributed by atoms with Crippen molar-refractivity contribution in [2.75, 3.05) is 25.0 Å². The maximum absolute atomic E-state index is 14.5. The molecular weight excluding hydrogens is 379 g/mol. The molecule has 28 heavy (non-hydrogen) atoms. The van der Waals surface area contributed by atoms with Crippen LogP contribution in [0.15, 0.2) is 36.5 Å². The predicted octanol–water partition coefficient (Wildman–Crippen LogP) is 4.02. The van der Waals surface area contributed by atoms with E-state index in [2.05, 4.69) is 20.5 Å². The predicted molar refractivity (Wildman–Crippen MR) is 108 cm³/mol. The number of nitrogens with one attached hydrogen (secondary N) is 2. The van der Waals surface area contributed by atoms with E-state index in [1.807, 2.05) is 6.07 Å². The maximum Gasteiger partial charge on any atom is 0.252 e. The molecule has 0 spiro atoms. The van der Waals surface area contributed by atoms with Gasteiger partial charge in [-0.25, -0.2) is 9.37 Å². The number of rotatable bonds is 7. The highest BCUT2D eigenvalue weighted by Crippen LogP contribution is 2.32. The number of aromatic nitrogens is 1. The number of hydrogen-bond donors (Lipinski definition) is 2. The lowest BCUT2D eigenvalue weighted by atomic mass is 10.0. The van der Waals surface area contributed by atoms with Gasteiger partial charge in [-0.05, 0) is 63.0 Å². The Balaban J connectivity index is 1.45. The van der Waals surface area contributed by atoms with Crippen LogP contribution < -0.4 is 10.6 Å². The third-order valence-corrected chi connectivity index (χ3v) is 5.65. The van der Waals surface area contributed by atoms with Gasteiger partial charge in [-0.2, -0.15) is 0 Å². The van der Waals surface area contributed by atoms with Crippen molar-refractivity contribution in [3.63, 3.8) is 0 Å². The average Bonchev–Trinajstić information content (AvgIpc) is 3.34. The molecule has 0 bridgehead atoms. The van der Waals surface area contributed by atoms with E-state index in [0.29, 0.717) is 28.7 Å². The van der Waals surface area contributed by atoms with Crippen LogP contribution in [-0.2, 0) is 0 Å². The molecule has 4 rings (SSSR count). The summed E-state index contributed by atoms with van der Waals surface area (Å²) in [6, 6.07) is 8.52. The fourth-order valence-corrected chi connectivity index (χ4v) is 3.93. The molecule has 1 aromatic heterocycles. The summed E-state index contributed by atoms with van der Waals surface area (Å²) in [5, 5.41) is 6.62. The quantitative estimate of drug-likeness (QED) is 0.734. The highest BCUT2D eigenvalue weighted by Gasteiger charge is 2.28. The van der Waals surface area contributed by atoms with E-state index in [-0.39, 0.29) is 17.8 Å². The number of hydrogen-bond acceptors (Lipinski definition) is 4. The zero-order valence-electron chi connectivity index (χ0n) is 15.6. The number of halogens is 2. The molecule has 1 aliphatic heterocycles. The molecule has 2 heterocycles. The molecule has 2 aromatic rings. The van der Waals surface area contributed by atoms with E-state index in [9.17, 15) is 9.18 Å². The van der Waals surface area contributed by atoms with Gasteiger partial charge in [-0.15, -0.1) is 0 Å². The first-order valence-corrected chi connectivity index (χ1v) is 10.2. The molecule has 7 heteroatoms. The lowest BCUT2D eigenvalue weighted by molar-refractivity contribution is 0.0937. The summed E-state index contributed by atoms with van der Waals surface area (Å²) in [6.45, 7) is 2.03. The summed E-state index contributed by atoms with van der Waals surface area (Å²) < 4.78 is 14.5. The molecule has 1 atom stereocenters. The van der Waals surface area contributed by atoms with Gasteiger partial charge in [0.25, 0.3) is 5.91 Å². The number of carbonyl (C=O) groups excluding carboxylic acids is 1. The van der Waals surface area contributed by atoms with Crippen molar-refractivity contribution in [1.82, 2.24) is 15.2 Å². The monoisotopic (exact) mass is 402 g/mol. The highest BCUT2D eigenvalue weighted by molar-refractivity contribution is 6.31. The van der Waals surface area contributed by atoms with E-state index < -0.39 is 0 Å². The number of pyridine rings is 1. The third-order valence-electron chi connectivity index (χ3n) is 5.33. The summed E-state index contributed by atoms with van der Waals surface area (Å²) in [6.07, 6.45) is 6.04. The van der Waals surface area contributed by atoms with Gasteiger partial charge in [-0.1, -0.05) is 17.7 Å². The Morgan fingerprint density at radius 2 is 2.04 bits per heavy atom. The topological polar surface area (TPSA) is 57.3 Å². The first-order valence-electron chi connectivity index (χ1n) is 9.80. The van der Waals surface area contributed by atoms with Crippen LogP contribution in [0.2, 0.25) is 5.02 Å². The van der Waals surface area contributed by atoms with Crippen molar-refractivity contribution in [1.29, 1.82) is 0 Å². The van der Waals surface area contributed by atoms with Crippen molar-refractivity contribution in [2.45, 2.75) is 37.8 Å². The minimum absolute atomic E-state index is 0.220. The number of anilines is 1. The Morgan fingerprint density at radius 3 is 2.68 bits per heavy atom. The molecule has 0 radical (unpaired) electrons. The van der Waals surface area contributed by atoms with Gasteiger partial charge in [0.15, 0.2) is 0 Å². The summed E-state index contributed by atoms with van der Waals surface area (Å²) in [7, 11) is 0. The molecular formula is C21H24ClFN4O. The Kier molecular flexibility index (Phi) is 5.78. The number of carbonyl (C=O) groups is 1. The molecule has 148 valence electrons. The minimum atomic E-state index is -0.337. The lowest BCUT2D eigenvalue weighted by Crippen LogP contribution is -2.37. The Bertz CT molecular complexity index is 815. The first-order chi connectivity index (χ1) is 13.6.